The van der Waals surface area contributed by atoms with E-state index in [4.69, 9.17) is 0 Å². The summed E-state index contributed by atoms with van der Waals surface area (Å²) < 4.78 is 27.2. The zero-order valence-corrected chi connectivity index (χ0v) is 19.8. The molecule has 1 unspecified atom stereocenters. The van der Waals surface area contributed by atoms with Gasteiger partial charge in [-0.3, -0.25) is 4.79 Å². The number of hydrogen-bond acceptors (Lipinski definition) is 3. The van der Waals surface area contributed by atoms with E-state index in [1.54, 1.807) is 12.1 Å². The van der Waals surface area contributed by atoms with Crippen LogP contribution in [0.3, 0.4) is 0 Å². The van der Waals surface area contributed by atoms with E-state index in [0.717, 1.165) is 17.5 Å². The Balaban J connectivity index is 1.54. The largest absolute Gasteiger partial charge is 0.349 e. The first-order chi connectivity index (χ1) is 14.7. The fourth-order valence-corrected chi connectivity index (χ4v) is 5.52. The summed E-state index contributed by atoms with van der Waals surface area (Å²) in [6, 6.07) is 15.3. The van der Waals surface area contributed by atoms with Gasteiger partial charge >= 0.3 is 0 Å². The van der Waals surface area contributed by atoms with Crippen LogP contribution in [0.15, 0.2) is 53.4 Å². The van der Waals surface area contributed by atoms with E-state index in [9.17, 15) is 13.2 Å². The van der Waals surface area contributed by atoms with Gasteiger partial charge in [-0.2, -0.15) is 4.31 Å². The molecule has 31 heavy (non-hydrogen) atoms. The van der Waals surface area contributed by atoms with Gasteiger partial charge in [0, 0.05) is 19.0 Å². The van der Waals surface area contributed by atoms with Crippen molar-refractivity contribution in [1.82, 2.24) is 9.62 Å². The number of aryl methyl sites for hydroxylation is 1. The molecule has 5 nitrogen and oxygen atoms in total. The van der Waals surface area contributed by atoms with Crippen LogP contribution in [0.25, 0.3) is 0 Å². The number of hydrogen-bond donors (Lipinski definition) is 1. The summed E-state index contributed by atoms with van der Waals surface area (Å²) in [5.74, 6) is 0.460. The third-order valence-corrected chi connectivity index (χ3v) is 7.88. The maximum absolute atomic E-state index is 12.9. The van der Waals surface area contributed by atoms with Crippen molar-refractivity contribution in [2.24, 2.45) is 11.8 Å². The Labute approximate surface area is 186 Å². The second-order valence-corrected chi connectivity index (χ2v) is 11.0. The molecule has 0 aromatic heterocycles. The molecule has 0 bridgehead atoms. The first-order valence-electron chi connectivity index (χ1n) is 11.1. The molecule has 0 aliphatic carbocycles. The fraction of sp³-hybridized carbons (Fsp3) is 0.480. The molecule has 1 amide bonds. The lowest BCUT2D eigenvalue weighted by atomic mass is 9.96. The molecule has 6 heteroatoms. The van der Waals surface area contributed by atoms with Crippen molar-refractivity contribution in [3.05, 3.63) is 65.2 Å². The molecule has 2 aromatic carbocycles. The lowest BCUT2D eigenvalue weighted by molar-refractivity contribution is -0.126. The maximum Gasteiger partial charge on any atom is 0.243 e. The van der Waals surface area contributed by atoms with Crippen LogP contribution >= 0.6 is 0 Å². The third-order valence-electron chi connectivity index (χ3n) is 5.97. The van der Waals surface area contributed by atoms with Gasteiger partial charge in [0.15, 0.2) is 0 Å². The van der Waals surface area contributed by atoms with Crippen molar-refractivity contribution in [3.8, 4) is 0 Å². The van der Waals surface area contributed by atoms with Gasteiger partial charge in [0.05, 0.1) is 10.9 Å². The van der Waals surface area contributed by atoms with E-state index in [2.05, 4.69) is 43.4 Å². The molecule has 0 saturated carbocycles. The summed E-state index contributed by atoms with van der Waals surface area (Å²) >= 11 is 0. The highest BCUT2D eigenvalue weighted by Crippen LogP contribution is 2.25. The second-order valence-electron chi connectivity index (χ2n) is 9.06. The Morgan fingerprint density at radius 1 is 1.00 bits per heavy atom. The van der Waals surface area contributed by atoms with Crippen molar-refractivity contribution in [2.45, 2.75) is 57.9 Å². The molecule has 168 valence electrons. The van der Waals surface area contributed by atoms with Crippen LogP contribution in [0, 0.1) is 18.8 Å². The van der Waals surface area contributed by atoms with Crippen molar-refractivity contribution in [3.63, 3.8) is 0 Å². The van der Waals surface area contributed by atoms with E-state index in [0.29, 0.717) is 36.7 Å². The number of rotatable bonds is 7. The van der Waals surface area contributed by atoms with Gasteiger partial charge in [-0.15, -0.1) is 0 Å². The normalized spacial score (nSPS) is 16.9. The van der Waals surface area contributed by atoms with Gasteiger partial charge in [-0.05, 0) is 62.3 Å². The average Bonchev–Trinajstić information content (AvgIpc) is 2.74. The maximum atomic E-state index is 12.9. The van der Waals surface area contributed by atoms with Gasteiger partial charge < -0.3 is 5.32 Å². The second kappa shape index (κ2) is 9.96. The molecule has 3 rings (SSSR count). The summed E-state index contributed by atoms with van der Waals surface area (Å²) in [6.45, 7) is 9.06. The molecule has 1 aliphatic rings. The van der Waals surface area contributed by atoms with Crippen LogP contribution in [0.5, 0.6) is 0 Å². The molecule has 1 atom stereocenters. The molecule has 1 heterocycles. The molecule has 2 aromatic rings. The van der Waals surface area contributed by atoms with Crippen LogP contribution in [-0.2, 0) is 21.2 Å². The van der Waals surface area contributed by atoms with Crippen molar-refractivity contribution in [2.75, 3.05) is 13.1 Å². The zero-order valence-electron chi connectivity index (χ0n) is 19.0. The number of carbonyl (C=O) groups is 1. The Morgan fingerprint density at radius 2 is 1.58 bits per heavy atom. The minimum atomic E-state index is -3.51. The summed E-state index contributed by atoms with van der Waals surface area (Å²) in [5.41, 5.74) is 3.41. The van der Waals surface area contributed by atoms with Gasteiger partial charge in [0.1, 0.15) is 0 Å². The number of piperidine rings is 1. The topological polar surface area (TPSA) is 66.5 Å². The molecule has 1 fully saturated rings. The molecule has 1 saturated heterocycles. The molecular weight excluding hydrogens is 408 g/mol. The minimum absolute atomic E-state index is 0.00569. The fourth-order valence-electron chi connectivity index (χ4n) is 4.05. The van der Waals surface area contributed by atoms with Crippen LogP contribution in [0.1, 0.15) is 56.3 Å². The lowest BCUT2D eigenvalue weighted by Gasteiger charge is -2.31. The third kappa shape index (κ3) is 5.95. The highest BCUT2D eigenvalue weighted by atomic mass is 32.2. The number of amides is 1. The molecule has 1 aliphatic heterocycles. The Bertz CT molecular complexity index is 974. The van der Waals surface area contributed by atoms with Gasteiger partial charge in [0.25, 0.3) is 0 Å². The molecule has 0 radical (unpaired) electrons. The van der Waals surface area contributed by atoms with E-state index >= 15 is 0 Å². The van der Waals surface area contributed by atoms with Crippen LogP contribution in [-0.4, -0.2) is 31.7 Å². The predicted molar refractivity (Wildman–Crippen MR) is 124 cm³/mol. The van der Waals surface area contributed by atoms with E-state index in [1.165, 1.54) is 9.87 Å². The first-order valence-corrected chi connectivity index (χ1v) is 12.6. The van der Waals surface area contributed by atoms with Crippen molar-refractivity contribution < 1.29 is 13.2 Å². The highest BCUT2D eigenvalue weighted by molar-refractivity contribution is 7.89. The molecule has 0 spiro atoms. The van der Waals surface area contributed by atoms with Gasteiger partial charge in [-0.25, -0.2) is 8.42 Å². The number of carbonyl (C=O) groups excluding carboxylic acids is 1. The Morgan fingerprint density at radius 3 is 2.13 bits per heavy atom. The standard InChI is InChI=1S/C25H34N2O3S/c1-18(2)17-21-7-9-22(10-8-21)20(4)26-25(28)23-13-15-27(16-14-23)31(29,30)24-11-5-19(3)6-12-24/h5-12,18,20,23H,13-17H2,1-4H3,(H,26,28). The number of nitrogens with one attached hydrogen (secondary N) is 1. The Hall–Kier alpha value is -2.18. The summed E-state index contributed by atoms with van der Waals surface area (Å²) in [7, 11) is -3.51. The summed E-state index contributed by atoms with van der Waals surface area (Å²) in [4.78, 5) is 13.1. The van der Waals surface area contributed by atoms with E-state index in [-0.39, 0.29) is 17.9 Å². The molecule has 1 N–H and O–H groups in total. The number of sulfonamides is 1. The van der Waals surface area contributed by atoms with Crippen LogP contribution in [0.4, 0.5) is 0 Å². The first kappa shape index (κ1) is 23.5. The SMILES string of the molecule is Cc1ccc(S(=O)(=O)N2CCC(C(=O)NC(C)c3ccc(CC(C)C)cc3)CC2)cc1. The van der Waals surface area contributed by atoms with Crippen LogP contribution < -0.4 is 5.32 Å². The number of benzene rings is 2. The van der Waals surface area contributed by atoms with E-state index < -0.39 is 10.0 Å². The Kier molecular flexibility index (Phi) is 7.55. The van der Waals surface area contributed by atoms with Crippen LogP contribution in [0.2, 0.25) is 0 Å². The average molecular weight is 443 g/mol. The highest BCUT2D eigenvalue weighted by Gasteiger charge is 2.32. The monoisotopic (exact) mass is 442 g/mol. The zero-order chi connectivity index (χ0) is 22.6. The predicted octanol–water partition coefficient (Wildman–Crippen LogP) is 4.47. The van der Waals surface area contributed by atoms with E-state index in [1.807, 2.05) is 26.0 Å². The summed E-state index contributed by atoms with van der Waals surface area (Å²) in [6.07, 6.45) is 2.12. The van der Waals surface area contributed by atoms with Gasteiger partial charge in [-0.1, -0.05) is 55.8 Å². The lowest BCUT2D eigenvalue weighted by Crippen LogP contribution is -2.43. The summed E-state index contributed by atoms with van der Waals surface area (Å²) in [5, 5.41) is 3.11. The number of nitrogens with zero attached hydrogens (tertiary/aromatic N) is 1. The minimum Gasteiger partial charge on any atom is -0.349 e. The van der Waals surface area contributed by atoms with Crippen molar-refractivity contribution in [1.29, 1.82) is 0 Å². The smallest absolute Gasteiger partial charge is 0.243 e. The van der Waals surface area contributed by atoms with Gasteiger partial charge in [0.2, 0.25) is 15.9 Å². The van der Waals surface area contributed by atoms with Crippen molar-refractivity contribution >= 4 is 15.9 Å². The molecular formula is C25H34N2O3S. The quantitative estimate of drug-likeness (QED) is 0.688.